The zero-order valence-electron chi connectivity index (χ0n) is 54.3. The number of unbranched alkanes of at least 4 members (excludes halogenated alkanes) is 45. The van der Waals surface area contributed by atoms with E-state index in [0.29, 0.717) is 19.3 Å². The molecule has 6 nitrogen and oxygen atoms in total. The average Bonchev–Trinajstić information content (AvgIpc) is 3.46. The van der Waals surface area contributed by atoms with Crippen molar-refractivity contribution in [3.8, 4) is 0 Å². The molecular weight excluding hydrogens is 997 g/mol. The fourth-order valence-electron chi connectivity index (χ4n) is 10.7. The van der Waals surface area contributed by atoms with E-state index in [1.807, 2.05) is 6.08 Å². The zero-order valence-corrected chi connectivity index (χ0v) is 54.3. The van der Waals surface area contributed by atoms with Gasteiger partial charge in [0.25, 0.3) is 0 Å². The quantitative estimate of drug-likeness (QED) is 0.0261. The molecule has 472 valence electrons. The molecule has 0 aromatic carbocycles. The first-order valence-electron chi connectivity index (χ1n) is 35.8. The molecule has 81 heavy (non-hydrogen) atoms. The molecule has 0 amide bonds. The van der Waals surface area contributed by atoms with Gasteiger partial charge in [0.2, 0.25) is 0 Å². The molecule has 0 aliphatic heterocycles. The number of carbonyl (C=O) groups excluding carboxylic acids is 3. The summed E-state index contributed by atoms with van der Waals surface area (Å²) in [5.41, 5.74) is 0. The molecule has 0 heterocycles. The summed E-state index contributed by atoms with van der Waals surface area (Å²) >= 11 is 0. The van der Waals surface area contributed by atoms with E-state index in [4.69, 9.17) is 14.2 Å². The molecule has 0 rings (SSSR count). The van der Waals surface area contributed by atoms with Crippen LogP contribution in [0, 0.1) is 0 Å². The van der Waals surface area contributed by atoms with E-state index in [1.54, 1.807) is 0 Å². The highest BCUT2D eigenvalue weighted by Gasteiger charge is 2.19. The number of hydrogen-bond acceptors (Lipinski definition) is 6. The Kier molecular flexibility index (Phi) is 67.1. The van der Waals surface area contributed by atoms with Gasteiger partial charge in [0.05, 0.1) is 0 Å². The van der Waals surface area contributed by atoms with E-state index in [-0.39, 0.29) is 37.5 Å². The van der Waals surface area contributed by atoms with Crippen LogP contribution in [-0.2, 0) is 28.6 Å². The molecule has 1 unspecified atom stereocenters. The van der Waals surface area contributed by atoms with Crippen LogP contribution in [0.5, 0.6) is 0 Å². The van der Waals surface area contributed by atoms with Gasteiger partial charge in [-0.3, -0.25) is 14.4 Å². The number of rotatable bonds is 66. The summed E-state index contributed by atoms with van der Waals surface area (Å²) in [5, 5.41) is 0. The minimum Gasteiger partial charge on any atom is -0.462 e. The Hall–Kier alpha value is -2.89. The third-order valence-corrected chi connectivity index (χ3v) is 16.0. The lowest BCUT2D eigenvalue weighted by Crippen LogP contribution is -2.30. The number of allylic oxidation sites excluding steroid dienone is 10. The number of ether oxygens (including phenoxy) is 3. The highest BCUT2D eigenvalue weighted by atomic mass is 16.6. The second kappa shape index (κ2) is 69.6. The normalized spacial score (nSPS) is 12.4. The lowest BCUT2D eigenvalue weighted by Gasteiger charge is -2.18. The molecule has 0 fully saturated rings. The molecule has 0 spiro atoms. The van der Waals surface area contributed by atoms with Crippen LogP contribution in [0.3, 0.4) is 0 Å². The monoisotopic (exact) mass is 1130 g/mol. The SMILES string of the molecule is CC/C=C\C/C=C\C/C=C\C/C=C\CCC(=O)OCC(COC(=O)CCCCCCCCCCCCCCCCCCCCCCCCCCCCC)OC(=O)CCCCCCCCCCCCC/C=C\CCCCCCCCCC. The fraction of sp³-hybridized carbons (Fsp3) is 0.827. The summed E-state index contributed by atoms with van der Waals surface area (Å²) in [5.74, 6) is -0.956. The first-order chi connectivity index (χ1) is 40.0. The summed E-state index contributed by atoms with van der Waals surface area (Å²) in [6.07, 6.45) is 90.0. The predicted octanol–water partition coefficient (Wildman–Crippen LogP) is 24.7. The largest absolute Gasteiger partial charge is 0.462 e. The van der Waals surface area contributed by atoms with E-state index >= 15 is 0 Å². The van der Waals surface area contributed by atoms with Crippen molar-refractivity contribution in [2.24, 2.45) is 0 Å². The Morgan fingerprint density at radius 3 is 0.827 bits per heavy atom. The third-order valence-electron chi connectivity index (χ3n) is 16.0. The van der Waals surface area contributed by atoms with Crippen molar-refractivity contribution in [2.75, 3.05) is 13.2 Å². The molecule has 0 saturated carbocycles. The fourth-order valence-corrected chi connectivity index (χ4v) is 10.7. The van der Waals surface area contributed by atoms with Crippen LogP contribution in [0.4, 0.5) is 0 Å². The van der Waals surface area contributed by atoms with E-state index in [1.165, 1.54) is 270 Å². The second-order valence-corrected chi connectivity index (χ2v) is 24.1. The highest BCUT2D eigenvalue weighted by Crippen LogP contribution is 2.19. The summed E-state index contributed by atoms with van der Waals surface area (Å²) < 4.78 is 16.9. The van der Waals surface area contributed by atoms with Gasteiger partial charge in [-0.1, -0.05) is 351 Å². The van der Waals surface area contributed by atoms with Gasteiger partial charge in [-0.25, -0.2) is 0 Å². The van der Waals surface area contributed by atoms with Crippen molar-refractivity contribution in [3.05, 3.63) is 60.8 Å². The third kappa shape index (κ3) is 67.8. The van der Waals surface area contributed by atoms with Gasteiger partial charge in [0.1, 0.15) is 13.2 Å². The molecule has 0 aliphatic carbocycles. The summed E-state index contributed by atoms with van der Waals surface area (Å²) in [6.45, 7) is 6.53. The topological polar surface area (TPSA) is 78.9 Å². The number of hydrogen-bond donors (Lipinski definition) is 0. The molecule has 0 saturated heterocycles. The van der Waals surface area contributed by atoms with Crippen molar-refractivity contribution in [3.63, 3.8) is 0 Å². The van der Waals surface area contributed by atoms with E-state index in [2.05, 4.69) is 75.5 Å². The maximum absolute atomic E-state index is 12.9. The molecular formula is C75H136O6. The number of esters is 3. The second-order valence-electron chi connectivity index (χ2n) is 24.1. The lowest BCUT2D eigenvalue weighted by molar-refractivity contribution is -0.166. The Labute approximate surface area is 504 Å². The smallest absolute Gasteiger partial charge is 0.306 e. The minimum absolute atomic E-state index is 0.0926. The Bertz CT molecular complexity index is 1440. The van der Waals surface area contributed by atoms with Crippen molar-refractivity contribution < 1.29 is 28.6 Å². The highest BCUT2D eigenvalue weighted by molar-refractivity contribution is 5.71. The standard InChI is InChI=1S/C75H136O6/c1-4-7-10-13-16-19-22-25-27-29-31-33-35-36-37-38-40-41-43-45-47-50-53-56-59-62-65-68-74(77)80-71-72(70-79-73(76)67-64-61-58-55-52-49-24-21-18-15-12-9-6-3)81-75(78)69-66-63-60-57-54-51-48-46-44-42-39-34-32-30-28-26-23-20-17-14-11-8-5-2/h9,12,18,21,30,32,49,52,58,61,72H,4-8,10-11,13-17,19-20,22-29,31,33-48,50-51,53-57,59-60,62-71H2,1-3H3/b12-9-,21-18-,32-30-,52-49-,61-58-. The van der Waals surface area contributed by atoms with Crippen molar-refractivity contribution in [2.45, 2.75) is 386 Å². The molecule has 0 aromatic rings. The average molecular weight is 1130 g/mol. The van der Waals surface area contributed by atoms with Gasteiger partial charge in [-0.05, 0) is 70.6 Å². The van der Waals surface area contributed by atoms with E-state index in [0.717, 1.165) is 64.2 Å². The van der Waals surface area contributed by atoms with Gasteiger partial charge in [-0.15, -0.1) is 0 Å². The molecule has 1 atom stereocenters. The lowest BCUT2D eigenvalue weighted by atomic mass is 10.0. The Balaban J connectivity index is 4.24. The van der Waals surface area contributed by atoms with Crippen molar-refractivity contribution in [1.29, 1.82) is 0 Å². The Morgan fingerprint density at radius 2 is 0.506 bits per heavy atom. The van der Waals surface area contributed by atoms with Gasteiger partial charge in [0.15, 0.2) is 6.10 Å². The van der Waals surface area contributed by atoms with Crippen LogP contribution < -0.4 is 0 Å². The van der Waals surface area contributed by atoms with Gasteiger partial charge in [-0.2, -0.15) is 0 Å². The van der Waals surface area contributed by atoms with Gasteiger partial charge in [0, 0.05) is 19.3 Å². The maximum atomic E-state index is 12.9. The van der Waals surface area contributed by atoms with Crippen LogP contribution in [-0.4, -0.2) is 37.2 Å². The zero-order chi connectivity index (χ0) is 58.5. The molecule has 6 heteroatoms. The van der Waals surface area contributed by atoms with Crippen LogP contribution in [0.2, 0.25) is 0 Å². The van der Waals surface area contributed by atoms with Crippen LogP contribution >= 0.6 is 0 Å². The summed E-state index contributed by atoms with van der Waals surface area (Å²) in [7, 11) is 0. The molecule has 0 radical (unpaired) electrons. The van der Waals surface area contributed by atoms with Crippen molar-refractivity contribution in [1.82, 2.24) is 0 Å². The molecule has 0 aliphatic rings. The van der Waals surface area contributed by atoms with Gasteiger partial charge >= 0.3 is 17.9 Å². The molecule has 0 aromatic heterocycles. The maximum Gasteiger partial charge on any atom is 0.306 e. The van der Waals surface area contributed by atoms with Gasteiger partial charge < -0.3 is 14.2 Å². The number of carbonyl (C=O) groups is 3. The first kappa shape index (κ1) is 78.1. The van der Waals surface area contributed by atoms with Crippen LogP contribution in [0.15, 0.2) is 60.8 Å². The molecule has 0 bridgehead atoms. The summed E-state index contributed by atoms with van der Waals surface area (Å²) in [4.78, 5) is 38.4. The van der Waals surface area contributed by atoms with E-state index in [9.17, 15) is 14.4 Å². The minimum atomic E-state index is -0.803. The summed E-state index contributed by atoms with van der Waals surface area (Å²) in [6, 6.07) is 0. The van der Waals surface area contributed by atoms with Crippen molar-refractivity contribution >= 4 is 17.9 Å². The Morgan fingerprint density at radius 1 is 0.259 bits per heavy atom. The van der Waals surface area contributed by atoms with Crippen LogP contribution in [0.25, 0.3) is 0 Å². The predicted molar refractivity (Wildman–Crippen MR) is 353 cm³/mol. The molecule has 0 N–H and O–H groups in total. The van der Waals surface area contributed by atoms with E-state index < -0.39 is 6.10 Å². The van der Waals surface area contributed by atoms with Crippen LogP contribution in [0.1, 0.15) is 380 Å². The first-order valence-corrected chi connectivity index (χ1v) is 35.8.